The summed E-state index contributed by atoms with van der Waals surface area (Å²) in [6.07, 6.45) is -2.56. The van der Waals surface area contributed by atoms with E-state index in [1.165, 1.54) is 30.3 Å². The van der Waals surface area contributed by atoms with Crippen molar-refractivity contribution in [3.63, 3.8) is 0 Å². The van der Waals surface area contributed by atoms with Crippen molar-refractivity contribution >= 4 is 17.5 Å². The van der Waals surface area contributed by atoms with Gasteiger partial charge in [-0.25, -0.2) is 4.98 Å². The van der Waals surface area contributed by atoms with E-state index in [0.29, 0.717) is 17.0 Å². The summed E-state index contributed by atoms with van der Waals surface area (Å²) in [6, 6.07) is 8.65. The van der Waals surface area contributed by atoms with Crippen LogP contribution in [-0.2, 0) is 15.7 Å². The number of ether oxygens (including phenoxy) is 3. The van der Waals surface area contributed by atoms with Gasteiger partial charge in [0.2, 0.25) is 0 Å². The monoisotopic (exact) mass is 554 g/mol. The molecule has 206 valence electrons. The van der Waals surface area contributed by atoms with Crippen LogP contribution in [0, 0.1) is 11.8 Å². The summed E-state index contributed by atoms with van der Waals surface area (Å²) in [6.45, 7) is 0.0520. The highest BCUT2D eigenvalue weighted by atomic mass is 19.4. The van der Waals surface area contributed by atoms with Crippen molar-refractivity contribution in [2.24, 2.45) is 0 Å². The van der Waals surface area contributed by atoms with Crippen LogP contribution < -0.4 is 19.7 Å². The average molecular weight is 554 g/mol. The lowest BCUT2D eigenvalue weighted by atomic mass is 10.0. The number of pyridine rings is 2. The first-order chi connectivity index (χ1) is 19.0. The quantitative estimate of drug-likeness (QED) is 0.472. The third kappa shape index (κ3) is 5.68. The lowest BCUT2D eigenvalue weighted by Gasteiger charge is -2.30. The number of hydrogen-bond donors (Lipinski definition) is 2. The zero-order chi connectivity index (χ0) is 28.5. The minimum Gasteiger partial charge on any atom is -0.489 e. The van der Waals surface area contributed by atoms with Crippen molar-refractivity contribution < 1.29 is 42.1 Å². The van der Waals surface area contributed by atoms with E-state index in [1.54, 1.807) is 18.2 Å². The lowest BCUT2D eigenvalue weighted by molar-refractivity contribution is -0.142. The van der Waals surface area contributed by atoms with E-state index in [-0.39, 0.29) is 31.3 Å². The van der Waals surface area contributed by atoms with E-state index in [2.05, 4.69) is 27.1 Å². The molecule has 3 aromatic rings. The molecule has 2 aliphatic rings. The highest BCUT2D eigenvalue weighted by Gasteiger charge is 2.37. The van der Waals surface area contributed by atoms with E-state index < -0.39 is 41.1 Å². The van der Waals surface area contributed by atoms with E-state index in [0.717, 1.165) is 18.3 Å². The molecule has 5 rings (SSSR count). The summed E-state index contributed by atoms with van der Waals surface area (Å²) in [5, 5.41) is 12.7. The Hall–Kier alpha value is -4.67. The molecule has 0 saturated carbocycles. The summed E-state index contributed by atoms with van der Waals surface area (Å²) in [4.78, 5) is 34.7. The van der Waals surface area contributed by atoms with Crippen molar-refractivity contribution in [3.8, 4) is 29.1 Å². The fourth-order valence-electron chi connectivity index (χ4n) is 3.88. The Morgan fingerprint density at radius 3 is 2.73 bits per heavy atom. The number of carbonyl (C=O) groups excluding carboxylic acids is 2. The van der Waals surface area contributed by atoms with Gasteiger partial charge in [-0.1, -0.05) is 11.8 Å². The van der Waals surface area contributed by atoms with Gasteiger partial charge in [-0.3, -0.25) is 14.6 Å². The minimum absolute atomic E-state index is 0.0848. The van der Waals surface area contributed by atoms with Crippen LogP contribution in [0.2, 0.25) is 0 Å². The predicted molar refractivity (Wildman–Crippen MR) is 133 cm³/mol. The van der Waals surface area contributed by atoms with Crippen molar-refractivity contribution in [3.05, 3.63) is 71.8 Å². The molecule has 0 spiro atoms. The molecule has 10 nitrogen and oxygen atoms in total. The first-order valence-corrected chi connectivity index (χ1v) is 11.9. The second-order valence-electron chi connectivity index (χ2n) is 9.02. The molecule has 2 amide bonds. The summed E-state index contributed by atoms with van der Waals surface area (Å²) >= 11 is 0. The Balaban J connectivity index is 1.30. The number of fused-ring (bicyclic) bond motifs is 1. The molecule has 2 aliphatic heterocycles. The predicted octanol–water partition coefficient (Wildman–Crippen LogP) is 2.55. The van der Waals surface area contributed by atoms with Gasteiger partial charge in [0.1, 0.15) is 29.8 Å². The van der Waals surface area contributed by atoms with Gasteiger partial charge < -0.3 is 29.5 Å². The molecule has 40 heavy (non-hydrogen) atoms. The van der Waals surface area contributed by atoms with E-state index in [9.17, 15) is 27.9 Å². The Bertz CT molecular complexity index is 1530. The number of aromatic nitrogens is 2. The molecule has 0 aliphatic carbocycles. The summed E-state index contributed by atoms with van der Waals surface area (Å²) in [5.41, 5.74) is -1.66. The largest absolute Gasteiger partial charge is 0.489 e. The summed E-state index contributed by atoms with van der Waals surface area (Å²) in [5.74, 6) is 4.11. The third-order valence-corrected chi connectivity index (χ3v) is 6.01. The molecule has 2 aromatic heterocycles. The van der Waals surface area contributed by atoms with Crippen molar-refractivity contribution in [1.29, 1.82) is 0 Å². The smallest absolute Gasteiger partial charge is 0.437 e. The fourth-order valence-corrected chi connectivity index (χ4v) is 3.88. The number of carbonyl (C=O) groups is 2. The van der Waals surface area contributed by atoms with Crippen molar-refractivity contribution in [2.45, 2.75) is 17.8 Å². The summed E-state index contributed by atoms with van der Waals surface area (Å²) in [7, 11) is 1.51. The molecule has 1 unspecified atom stereocenters. The number of aliphatic hydroxyl groups is 1. The summed E-state index contributed by atoms with van der Waals surface area (Å²) < 4.78 is 55.9. The molecule has 1 fully saturated rings. The van der Waals surface area contributed by atoms with E-state index >= 15 is 0 Å². The van der Waals surface area contributed by atoms with Crippen LogP contribution in [0.1, 0.15) is 21.7 Å². The number of alkyl halides is 3. The molecular formula is C27H21F3N4O6. The number of hydrogen-bond acceptors (Lipinski definition) is 8. The Morgan fingerprint density at radius 1 is 1.20 bits per heavy atom. The molecule has 1 atom stereocenters. The second-order valence-corrected chi connectivity index (χ2v) is 9.02. The zero-order valence-corrected chi connectivity index (χ0v) is 20.9. The van der Waals surface area contributed by atoms with Crippen LogP contribution in [0.4, 0.5) is 18.9 Å². The van der Waals surface area contributed by atoms with Gasteiger partial charge in [0.15, 0.2) is 17.0 Å². The fraction of sp³-hybridized carbons (Fsp3) is 0.259. The highest BCUT2D eigenvalue weighted by Crippen LogP contribution is 2.36. The van der Waals surface area contributed by atoms with Gasteiger partial charge in [0.05, 0.1) is 18.9 Å². The van der Waals surface area contributed by atoms with Crippen LogP contribution >= 0.6 is 0 Å². The molecule has 2 N–H and O–H groups in total. The van der Waals surface area contributed by atoms with Crippen LogP contribution in [0.15, 0.2) is 54.9 Å². The number of benzene rings is 1. The molecule has 13 heteroatoms. The van der Waals surface area contributed by atoms with Crippen LogP contribution in [0.25, 0.3) is 0 Å². The number of halogens is 3. The van der Waals surface area contributed by atoms with E-state index in [1.807, 2.05) is 0 Å². The first-order valence-electron chi connectivity index (χ1n) is 11.9. The standard InChI is InChI=1S/C27H21F3N4O6/c1-34-20-11-16(6-8-26(37)14-38-15-26)4-5-21(20)39-13-19(25(34)36)33-24(35)18-12-17(7-10-31-18)40-22-3-2-9-32-23(22)27(28,29)30/h2-5,7,9-12,19,37H,13-15H2,1H3,(H,33,35). The Labute approximate surface area is 225 Å². The number of anilines is 1. The second kappa shape index (κ2) is 10.5. The average Bonchev–Trinajstić information content (AvgIpc) is 3.02. The van der Waals surface area contributed by atoms with Gasteiger partial charge in [-0.15, -0.1) is 0 Å². The molecule has 0 bridgehead atoms. The topological polar surface area (TPSA) is 123 Å². The molecule has 1 aromatic carbocycles. The van der Waals surface area contributed by atoms with Gasteiger partial charge in [0, 0.05) is 31.1 Å². The SMILES string of the molecule is CN1C(=O)C(NC(=O)c2cc(Oc3cccnc3C(F)(F)F)ccn2)COc2ccc(C#CC3(O)COC3)cc21. The normalized spacial score (nSPS) is 17.8. The number of nitrogens with zero attached hydrogens (tertiary/aromatic N) is 3. The minimum atomic E-state index is -4.74. The first kappa shape index (κ1) is 26.9. The maximum absolute atomic E-state index is 13.3. The van der Waals surface area contributed by atoms with Crippen molar-refractivity contribution in [1.82, 2.24) is 15.3 Å². The van der Waals surface area contributed by atoms with Gasteiger partial charge in [0.25, 0.3) is 11.8 Å². The number of rotatable bonds is 4. The lowest BCUT2D eigenvalue weighted by Crippen LogP contribution is -2.49. The number of likely N-dealkylation sites (N-methyl/N-ethyl adjacent to an activating group) is 1. The van der Waals surface area contributed by atoms with Crippen LogP contribution in [-0.4, -0.2) is 65.4 Å². The maximum atomic E-state index is 13.3. The molecule has 4 heterocycles. The van der Waals surface area contributed by atoms with Gasteiger partial charge >= 0.3 is 6.18 Å². The third-order valence-electron chi connectivity index (χ3n) is 6.01. The molecule has 0 radical (unpaired) electrons. The van der Waals surface area contributed by atoms with Gasteiger partial charge in [-0.2, -0.15) is 13.2 Å². The molecule has 1 saturated heterocycles. The van der Waals surface area contributed by atoms with Crippen molar-refractivity contribution in [2.75, 3.05) is 31.8 Å². The van der Waals surface area contributed by atoms with Crippen LogP contribution in [0.5, 0.6) is 17.2 Å². The number of nitrogens with one attached hydrogen (secondary N) is 1. The van der Waals surface area contributed by atoms with Gasteiger partial charge in [-0.05, 0) is 36.4 Å². The maximum Gasteiger partial charge on any atom is 0.437 e. The zero-order valence-electron chi connectivity index (χ0n) is 20.9. The Kier molecular flexibility index (Phi) is 7.05. The Morgan fingerprint density at radius 2 is 2.00 bits per heavy atom. The number of amides is 2. The van der Waals surface area contributed by atoms with E-state index in [4.69, 9.17) is 14.2 Å². The van der Waals surface area contributed by atoms with Crippen LogP contribution in [0.3, 0.4) is 0 Å². The highest BCUT2D eigenvalue weighted by molar-refractivity contribution is 6.03. The molecular weight excluding hydrogens is 533 g/mol.